The molecule has 3 aliphatic heterocycles. The van der Waals surface area contributed by atoms with Crippen molar-refractivity contribution in [3.8, 4) is 28.7 Å². The first-order valence-corrected chi connectivity index (χ1v) is 11.2. The van der Waals surface area contributed by atoms with Gasteiger partial charge in [-0.3, -0.25) is 4.79 Å². The van der Waals surface area contributed by atoms with Crippen molar-refractivity contribution in [2.45, 2.75) is 37.1 Å². The summed E-state index contributed by atoms with van der Waals surface area (Å²) >= 11 is 3.34. The largest absolute Gasteiger partial charge is 0.493 e. The van der Waals surface area contributed by atoms with Crippen LogP contribution in [0.2, 0.25) is 0 Å². The van der Waals surface area contributed by atoms with Gasteiger partial charge in [-0.1, -0.05) is 15.9 Å². The number of methoxy groups -OCH3 is 2. The van der Waals surface area contributed by atoms with Crippen LogP contribution in [0, 0.1) is 0 Å². The predicted molar refractivity (Wildman–Crippen MR) is 116 cm³/mol. The molecular weight excluding hydrogens is 470 g/mol. The van der Waals surface area contributed by atoms with Gasteiger partial charge >= 0.3 is 0 Å². The Morgan fingerprint density at radius 1 is 1.16 bits per heavy atom. The number of Topliss-reactive ketones (excluding diaryl/α,β-unsaturated/α-hetero) is 1. The lowest BCUT2D eigenvalue weighted by Crippen LogP contribution is -2.44. The third kappa shape index (κ3) is 3.07. The van der Waals surface area contributed by atoms with Gasteiger partial charge in [-0.2, -0.15) is 0 Å². The summed E-state index contributed by atoms with van der Waals surface area (Å²) in [4.78, 5) is 13.6. The summed E-state index contributed by atoms with van der Waals surface area (Å²) < 4.78 is 29.0. The van der Waals surface area contributed by atoms with Gasteiger partial charge in [0.05, 0.1) is 25.7 Å². The quantitative estimate of drug-likeness (QED) is 0.655. The van der Waals surface area contributed by atoms with Crippen LogP contribution in [0.25, 0.3) is 0 Å². The minimum absolute atomic E-state index is 0.0264. The number of aliphatic hydroxyl groups is 1. The second-order valence-corrected chi connectivity index (χ2v) is 8.84. The average molecular weight is 493 g/mol. The molecule has 3 aliphatic rings. The lowest BCUT2D eigenvalue weighted by molar-refractivity contribution is -0.0181. The molecule has 2 aromatic carbocycles. The number of carbonyl (C=O) groups is 1. The Bertz CT molecular complexity index is 1060. The van der Waals surface area contributed by atoms with E-state index in [4.69, 9.17) is 23.7 Å². The molecule has 0 bridgehead atoms. The number of ether oxygens (including phenoxy) is 5. The minimum Gasteiger partial charge on any atom is -0.493 e. The van der Waals surface area contributed by atoms with E-state index in [-0.39, 0.29) is 12.4 Å². The van der Waals surface area contributed by atoms with E-state index < -0.39 is 23.7 Å². The normalized spacial score (nSPS) is 24.9. The van der Waals surface area contributed by atoms with Crippen molar-refractivity contribution in [3.63, 3.8) is 0 Å². The Kier molecular flexibility index (Phi) is 4.82. The summed E-state index contributed by atoms with van der Waals surface area (Å²) in [6.45, 7) is 1.96. The van der Waals surface area contributed by atoms with E-state index in [1.54, 1.807) is 45.4 Å². The van der Waals surface area contributed by atoms with Crippen LogP contribution in [-0.4, -0.2) is 54.9 Å². The average Bonchev–Trinajstić information content (AvgIpc) is 3.23. The first kappa shape index (κ1) is 20.5. The first-order valence-electron chi connectivity index (χ1n) is 10.1. The van der Waals surface area contributed by atoms with Gasteiger partial charge in [0.25, 0.3) is 0 Å². The summed E-state index contributed by atoms with van der Waals surface area (Å²) in [5.74, 6) is 2.32. The van der Waals surface area contributed by atoms with E-state index in [1.807, 2.05) is 0 Å². The number of rotatable bonds is 4. The minimum atomic E-state index is -1.05. The summed E-state index contributed by atoms with van der Waals surface area (Å²) in [6.07, 6.45) is -0.428. The third-order valence-electron chi connectivity index (χ3n) is 6.28. The molecule has 31 heavy (non-hydrogen) atoms. The molecule has 0 radical (unpaired) electrons. The van der Waals surface area contributed by atoms with Crippen LogP contribution < -0.4 is 23.7 Å². The van der Waals surface area contributed by atoms with Gasteiger partial charge < -0.3 is 28.8 Å². The highest BCUT2D eigenvalue weighted by molar-refractivity contribution is 9.09. The molecule has 0 unspecified atom stereocenters. The van der Waals surface area contributed by atoms with Crippen LogP contribution in [0.5, 0.6) is 28.7 Å². The third-order valence-corrected chi connectivity index (χ3v) is 7.42. The maximum absolute atomic E-state index is 13.6. The van der Waals surface area contributed by atoms with E-state index in [0.29, 0.717) is 46.1 Å². The van der Waals surface area contributed by atoms with E-state index in [2.05, 4.69) is 15.9 Å². The van der Waals surface area contributed by atoms with Crippen molar-refractivity contribution >= 4 is 21.7 Å². The number of hydrogen-bond acceptors (Lipinski definition) is 7. The molecule has 2 aromatic rings. The number of ketones is 1. The Labute approximate surface area is 188 Å². The molecule has 1 N–H and O–H groups in total. The van der Waals surface area contributed by atoms with Crippen molar-refractivity contribution < 1.29 is 33.6 Å². The second kappa shape index (κ2) is 7.31. The SMILES string of the molecule is COc1cc2c(cc1OC)[C@@H]1C(=O)c3ccc4c(c3O[C@@H]1CO2)C[C@H]([C@@](C)(O)C[82Br])O4. The summed E-state index contributed by atoms with van der Waals surface area (Å²) in [6, 6.07) is 7.07. The molecule has 4 atom stereocenters. The number of carbonyl (C=O) groups excluding carboxylic acids is 1. The highest BCUT2D eigenvalue weighted by Gasteiger charge is 2.47. The molecule has 0 aliphatic carbocycles. The summed E-state index contributed by atoms with van der Waals surface area (Å²) in [7, 11) is 3.12. The zero-order valence-electron chi connectivity index (χ0n) is 17.4. The topological polar surface area (TPSA) is 83.5 Å². The highest BCUT2D eigenvalue weighted by atomic mass is 81.9. The molecule has 0 saturated carbocycles. The van der Waals surface area contributed by atoms with Crippen LogP contribution in [0.15, 0.2) is 24.3 Å². The van der Waals surface area contributed by atoms with Crippen LogP contribution in [0.4, 0.5) is 0 Å². The smallest absolute Gasteiger partial charge is 0.178 e. The maximum Gasteiger partial charge on any atom is 0.178 e. The molecule has 0 spiro atoms. The Balaban J connectivity index is 1.55. The maximum atomic E-state index is 13.6. The molecule has 0 fully saturated rings. The Morgan fingerprint density at radius 3 is 2.61 bits per heavy atom. The molecule has 5 rings (SSSR count). The highest BCUT2D eigenvalue weighted by Crippen LogP contribution is 2.50. The van der Waals surface area contributed by atoms with E-state index in [9.17, 15) is 9.90 Å². The second-order valence-electron chi connectivity index (χ2n) is 8.27. The van der Waals surface area contributed by atoms with Crippen molar-refractivity contribution in [1.29, 1.82) is 0 Å². The van der Waals surface area contributed by atoms with Gasteiger partial charge in [0, 0.05) is 28.9 Å². The fourth-order valence-corrected chi connectivity index (χ4v) is 4.86. The van der Waals surface area contributed by atoms with Gasteiger partial charge in [-0.05, 0) is 25.1 Å². The molecule has 0 amide bonds. The van der Waals surface area contributed by atoms with Gasteiger partial charge in [0.2, 0.25) is 0 Å². The van der Waals surface area contributed by atoms with Crippen LogP contribution in [0.3, 0.4) is 0 Å². The zero-order valence-corrected chi connectivity index (χ0v) is 19.0. The molecular formula is C23H23BrO7. The van der Waals surface area contributed by atoms with Crippen LogP contribution in [-0.2, 0) is 6.42 Å². The number of hydrogen-bond donors (Lipinski definition) is 1. The van der Waals surface area contributed by atoms with E-state index >= 15 is 0 Å². The summed E-state index contributed by atoms with van der Waals surface area (Å²) in [5, 5.41) is 11.0. The molecule has 164 valence electrons. The molecule has 0 aromatic heterocycles. The lowest BCUT2D eigenvalue weighted by Gasteiger charge is -2.37. The summed E-state index contributed by atoms with van der Waals surface area (Å²) in [5.41, 5.74) is 1.01. The van der Waals surface area contributed by atoms with Gasteiger partial charge in [0.15, 0.2) is 17.3 Å². The van der Waals surface area contributed by atoms with Crippen molar-refractivity contribution in [3.05, 3.63) is 41.0 Å². The molecule has 7 nitrogen and oxygen atoms in total. The first-order chi connectivity index (χ1) is 14.9. The predicted octanol–water partition coefficient (Wildman–Crippen LogP) is 3.27. The van der Waals surface area contributed by atoms with E-state index in [1.165, 1.54) is 0 Å². The van der Waals surface area contributed by atoms with Gasteiger partial charge in [-0.15, -0.1) is 0 Å². The Hall–Kier alpha value is -2.45. The Morgan fingerprint density at radius 2 is 1.90 bits per heavy atom. The zero-order chi connectivity index (χ0) is 21.9. The number of benzene rings is 2. The monoisotopic (exact) mass is 493 g/mol. The van der Waals surface area contributed by atoms with Crippen LogP contribution in [0.1, 0.15) is 34.3 Å². The number of fused-ring (bicyclic) bond motifs is 6. The standard InChI is InChI=1S/C23H23BrO7/c1-23(26,10-24)19-7-13-14(30-19)5-4-11-21(25)20-12-6-16(27-2)17(28-3)8-15(12)29-9-18(20)31-22(11)13/h4-6,8,18-20,26H,7,9-10H2,1-3H3/t18-,19-,20+,23+/m1/s1/i24+2. The molecule has 0 saturated heterocycles. The van der Waals surface area contributed by atoms with Gasteiger partial charge in [-0.25, -0.2) is 0 Å². The van der Waals surface area contributed by atoms with Crippen molar-refractivity contribution in [2.75, 3.05) is 26.2 Å². The fraction of sp³-hybridized carbons (Fsp3) is 0.435. The lowest BCUT2D eigenvalue weighted by atomic mass is 9.81. The molecule has 8 heteroatoms. The fourth-order valence-electron chi connectivity index (χ4n) is 4.50. The number of halogens is 1. The molecule has 3 heterocycles. The van der Waals surface area contributed by atoms with E-state index in [0.717, 1.165) is 11.1 Å². The van der Waals surface area contributed by atoms with Gasteiger partial charge in [0.1, 0.15) is 41.7 Å². The van der Waals surface area contributed by atoms with Crippen molar-refractivity contribution in [1.82, 2.24) is 0 Å². The number of alkyl halides is 1. The van der Waals surface area contributed by atoms with Crippen molar-refractivity contribution in [2.24, 2.45) is 0 Å². The van der Waals surface area contributed by atoms with Crippen LogP contribution >= 0.6 is 15.9 Å².